The van der Waals surface area contributed by atoms with Gasteiger partial charge in [0.2, 0.25) is 0 Å². The number of piperidine rings is 1. The molecule has 2 aromatic rings. The molecule has 0 unspecified atom stereocenters. The van der Waals surface area contributed by atoms with Gasteiger partial charge in [-0.3, -0.25) is 4.79 Å². The van der Waals surface area contributed by atoms with Crippen molar-refractivity contribution in [3.05, 3.63) is 71.8 Å². The van der Waals surface area contributed by atoms with Crippen LogP contribution in [-0.4, -0.2) is 44.7 Å². The molecule has 0 aromatic heterocycles. The summed E-state index contributed by atoms with van der Waals surface area (Å²) in [6.45, 7) is 2.01. The van der Waals surface area contributed by atoms with Gasteiger partial charge in [-0.25, -0.2) is 5.01 Å². The normalized spacial score (nSPS) is 19.2. The zero-order valence-electron chi connectivity index (χ0n) is 16.4. The van der Waals surface area contributed by atoms with Gasteiger partial charge in [-0.05, 0) is 30.4 Å². The lowest BCUT2D eigenvalue weighted by Crippen LogP contribution is -2.34. The van der Waals surface area contributed by atoms with Gasteiger partial charge in [0.1, 0.15) is 4.32 Å². The molecule has 1 atom stereocenters. The fourth-order valence-electron chi connectivity index (χ4n) is 3.84. The average Bonchev–Trinajstić information content (AvgIpc) is 3.25. The number of rotatable bonds is 4. The summed E-state index contributed by atoms with van der Waals surface area (Å²) in [4.78, 5) is 15.3. The molecule has 4 nitrogen and oxygen atoms in total. The van der Waals surface area contributed by atoms with Crippen LogP contribution in [0.25, 0.3) is 0 Å². The first-order valence-corrected chi connectivity index (χ1v) is 11.5. The molecule has 2 aromatic carbocycles. The van der Waals surface area contributed by atoms with E-state index in [0.29, 0.717) is 5.75 Å². The fourth-order valence-corrected chi connectivity index (χ4v) is 4.94. The van der Waals surface area contributed by atoms with Crippen molar-refractivity contribution in [1.82, 2.24) is 9.91 Å². The summed E-state index contributed by atoms with van der Waals surface area (Å²) in [5.41, 5.74) is 3.13. The number of likely N-dealkylation sites (tertiary alicyclic amines) is 1. The predicted octanol–water partition coefficient (Wildman–Crippen LogP) is 4.87. The Bertz CT molecular complexity index is 880. The number of hydrogen-bond acceptors (Lipinski definition) is 4. The van der Waals surface area contributed by atoms with Gasteiger partial charge in [0, 0.05) is 19.5 Å². The van der Waals surface area contributed by atoms with Crippen molar-refractivity contribution in [2.24, 2.45) is 5.10 Å². The van der Waals surface area contributed by atoms with E-state index in [0.717, 1.165) is 40.7 Å². The lowest BCUT2D eigenvalue weighted by Gasteiger charge is -2.29. The van der Waals surface area contributed by atoms with Crippen LogP contribution >= 0.6 is 24.0 Å². The van der Waals surface area contributed by atoms with E-state index in [1.807, 2.05) is 36.4 Å². The largest absolute Gasteiger partial charge is 0.358 e. The third-order valence-electron chi connectivity index (χ3n) is 5.39. The summed E-state index contributed by atoms with van der Waals surface area (Å²) in [6, 6.07) is 20.2. The minimum atomic E-state index is -0.0666. The Hall–Kier alpha value is -2.18. The van der Waals surface area contributed by atoms with Crippen LogP contribution in [0.5, 0.6) is 0 Å². The van der Waals surface area contributed by atoms with Crippen molar-refractivity contribution < 1.29 is 4.79 Å². The van der Waals surface area contributed by atoms with Crippen molar-refractivity contribution >= 4 is 39.9 Å². The first-order chi connectivity index (χ1) is 14.2. The maximum absolute atomic E-state index is 13.1. The highest BCUT2D eigenvalue weighted by molar-refractivity contribution is 8.23. The van der Waals surface area contributed by atoms with Gasteiger partial charge in [-0.1, -0.05) is 84.6 Å². The van der Waals surface area contributed by atoms with Crippen LogP contribution in [0.15, 0.2) is 65.8 Å². The van der Waals surface area contributed by atoms with Gasteiger partial charge in [0.25, 0.3) is 5.91 Å². The fraction of sp³-hybridized carbons (Fsp3) is 0.348. The number of carbonyl (C=O) groups excluding carboxylic acids is 1. The van der Waals surface area contributed by atoms with E-state index in [9.17, 15) is 4.79 Å². The van der Waals surface area contributed by atoms with Crippen molar-refractivity contribution in [2.75, 3.05) is 18.8 Å². The molecule has 2 aliphatic heterocycles. The Morgan fingerprint density at radius 2 is 1.66 bits per heavy atom. The minimum Gasteiger partial charge on any atom is -0.358 e. The van der Waals surface area contributed by atoms with Gasteiger partial charge in [0.05, 0.1) is 17.5 Å². The zero-order valence-corrected chi connectivity index (χ0v) is 18.0. The second-order valence-corrected chi connectivity index (χ2v) is 8.99. The lowest BCUT2D eigenvalue weighted by atomic mass is 9.98. The molecule has 4 rings (SSSR count). The van der Waals surface area contributed by atoms with Crippen LogP contribution in [0, 0.1) is 0 Å². The summed E-state index contributed by atoms with van der Waals surface area (Å²) < 4.78 is 0.834. The molecule has 1 amide bonds. The number of benzene rings is 2. The van der Waals surface area contributed by atoms with Crippen LogP contribution in [0.2, 0.25) is 0 Å². The van der Waals surface area contributed by atoms with Crippen LogP contribution < -0.4 is 0 Å². The number of amides is 1. The van der Waals surface area contributed by atoms with Crippen molar-refractivity contribution in [3.8, 4) is 0 Å². The summed E-state index contributed by atoms with van der Waals surface area (Å²) in [7, 11) is 0. The summed E-state index contributed by atoms with van der Waals surface area (Å²) in [6.07, 6.45) is 4.36. The molecule has 0 spiro atoms. The van der Waals surface area contributed by atoms with Gasteiger partial charge in [-0.2, -0.15) is 5.10 Å². The molecule has 1 fully saturated rings. The van der Waals surface area contributed by atoms with Gasteiger partial charge >= 0.3 is 0 Å². The molecule has 2 aliphatic rings. The number of nitrogens with zero attached hydrogens (tertiary/aromatic N) is 3. The van der Waals surface area contributed by atoms with Crippen LogP contribution in [0.3, 0.4) is 0 Å². The van der Waals surface area contributed by atoms with Gasteiger partial charge in [0.15, 0.2) is 0 Å². The number of thioether (sulfide) groups is 1. The standard InChI is InChI=1S/C23H25N3OS2/c27-22(17-29-23(28)25-14-8-3-9-15-25)26-21(19-12-6-2-7-13-19)16-20(24-26)18-10-4-1-5-11-18/h1-2,4-7,10-13,21H,3,8-9,14-17H2/t21-/m1/s1. The predicted molar refractivity (Wildman–Crippen MR) is 124 cm³/mol. The van der Waals surface area contributed by atoms with Crippen LogP contribution in [0.1, 0.15) is 42.9 Å². The molecule has 1 saturated heterocycles. The smallest absolute Gasteiger partial charge is 0.253 e. The third kappa shape index (κ3) is 4.87. The van der Waals surface area contributed by atoms with Crippen molar-refractivity contribution in [1.29, 1.82) is 0 Å². The van der Waals surface area contributed by atoms with E-state index >= 15 is 0 Å². The number of hydrazone groups is 1. The SMILES string of the molecule is O=C(CSC(=S)N1CCCCC1)N1N=C(c2ccccc2)C[C@@H]1c1ccccc1. The van der Waals surface area contributed by atoms with E-state index < -0.39 is 0 Å². The maximum Gasteiger partial charge on any atom is 0.253 e. The molecule has 0 aliphatic carbocycles. The average molecular weight is 424 g/mol. The molecule has 2 heterocycles. The number of thiocarbonyl (C=S) groups is 1. The van der Waals surface area contributed by atoms with E-state index in [-0.39, 0.29) is 11.9 Å². The quantitative estimate of drug-likeness (QED) is 0.658. The summed E-state index contributed by atoms with van der Waals surface area (Å²) in [5, 5.41) is 6.41. The topological polar surface area (TPSA) is 35.9 Å². The third-order valence-corrected chi connectivity index (χ3v) is 6.90. The molecule has 0 saturated carbocycles. The van der Waals surface area contributed by atoms with E-state index in [4.69, 9.17) is 17.3 Å². The van der Waals surface area contributed by atoms with Gasteiger partial charge < -0.3 is 4.90 Å². The number of carbonyl (C=O) groups is 1. The molecule has 29 heavy (non-hydrogen) atoms. The number of hydrogen-bond donors (Lipinski definition) is 0. The maximum atomic E-state index is 13.1. The van der Waals surface area contributed by atoms with Gasteiger partial charge in [-0.15, -0.1) is 0 Å². The Labute approximate surface area is 182 Å². The second kappa shape index (κ2) is 9.55. The second-order valence-electron chi connectivity index (χ2n) is 7.38. The van der Waals surface area contributed by atoms with E-state index in [1.165, 1.54) is 31.0 Å². The van der Waals surface area contributed by atoms with Crippen LogP contribution in [-0.2, 0) is 4.79 Å². The molecule has 6 heteroatoms. The zero-order chi connectivity index (χ0) is 20.1. The molecular formula is C23H25N3OS2. The highest BCUT2D eigenvalue weighted by Gasteiger charge is 2.33. The monoisotopic (exact) mass is 423 g/mol. The first kappa shape index (κ1) is 20.1. The Kier molecular flexibility index (Phi) is 6.62. The molecule has 0 bridgehead atoms. The van der Waals surface area contributed by atoms with Crippen LogP contribution in [0.4, 0.5) is 0 Å². The lowest BCUT2D eigenvalue weighted by molar-refractivity contribution is -0.130. The highest BCUT2D eigenvalue weighted by atomic mass is 32.2. The summed E-state index contributed by atoms with van der Waals surface area (Å²) in [5.74, 6) is 0.332. The molecule has 0 radical (unpaired) electrons. The summed E-state index contributed by atoms with van der Waals surface area (Å²) >= 11 is 7.04. The first-order valence-electron chi connectivity index (χ1n) is 10.1. The molecular weight excluding hydrogens is 398 g/mol. The van der Waals surface area contributed by atoms with E-state index in [2.05, 4.69) is 29.2 Å². The Morgan fingerprint density at radius 1 is 1.00 bits per heavy atom. The Balaban J connectivity index is 1.48. The Morgan fingerprint density at radius 3 is 2.34 bits per heavy atom. The molecule has 0 N–H and O–H groups in total. The highest BCUT2D eigenvalue weighted by Crippen LogP contribution is 2.33. The molecule has 150 valence electrons. The van der Waals surface area contributed by atoms with E-state index in [1.54, 1.807) is 5.01 Å². The van der Waals surface area contributed by atoms with Crippen molar-refractivity contribution in [2.45, 2.75) is 31.7 Å². The van der Waals surface area contributed by atoms with Crippen molar-refractivity contribution in [3.63, 3.8) is 0 Å². The minimum absolute atomic E-state index is 0.00847.